The first-order valence-corrected chi connectivity index (χ1v) is 6.68. The molecule has 102 valence electrons. The summed E-state index contributed by atoms with van der Waals surface area (Å²) in [6.07, 6.45) is 5.90. The molecular formula is C16H20O3. The van der Waals surface area contributed by atoms with E-state index in [2.05, 4.69) is 6.58 Å². The number of hydrogen-bond acceptors (Lipinski definition) is 3. The molecule has 1 aromatic rings. The van der Waals surface area contributed by atoms with E-state index in [0.29, 0.717) is 5.75 Å². The molecule has 3 nitrogen and oxygen atoms in total. The fourth-order valence-electron chi connectivity index (χ4n) is 2.40. The number of carbonyl (C=O) groups excluding carboxylic acids is 1. The number of carbonyl (C=O) groups is 1. The third kappa shape index (κ3) is 3.85. The second-order valence-corrected chi connectivity index (χ2v) is 5.20. The average molecular weight is 260 g/mol. The summed E-state index contributed by atoms with van der Waals surface area (Å²) in [6, 6.07) is 7.46. The molecule has 0 N–H and O–H groups in total. The van der Waals surface area contributed by atoms with E-state index < -0.39 is 0 Å². The summed E-state index contributed by atoms with van der Waals surface area (Å²) < 4.78 is 10.9. The normalized spacial score (nSPS) is 16.9. The van der Waals surface area contributed by atoms with Crippen LogP contribution in [0.1, 0.15) is 38.2 Å². The van der Waals surface area contributed by atoms with Gasteiger partial charge in [-0.2, -0.15) is 0 Å². The zero-order chi connectivity index (χ0) is 13.7. The zero-order valence-corrected chi connectivity index (χ0v) is 11.4. The van der Waals surface area contributed by atoms with Crippen molar-refractivity contribution >= 4 is 12.0 Å². The maximum absolute atomic E-state index is 11.8. The molecule has 0 bridgehead atoms. The van der Waals surface area contributed by atoms with Gasteiger partial charge in [0.15, 0.2) is 6.61 Å². The van der Waals surface area contributed by atoms with Gasteiger partial charge in [0.1, 0.15) is 11.4 Å². The molecule has 1 saturated carbocycles. The molecule has 1 fully saturated rings. The Bertz CT molecular complexity index is 459. The minimum absolute atomic E-state index is 0.0455. The van der Waals surface area contributed by atoms with Crippen LogP contribution in [0, 0.1) is 0 Å². The Labute approximate surface area is 114 Å². The number of benzene rings is 1. The van der Waals surface area contributed by atoms with Crippen LogP contribution in [0.2, 0.25) is 0 Å². The van der Waals surface area contributed by atoms with E-state index in [4.69, 9.17) is 9.47 Å². The summed E-state index contributed by atoms with van der Waals surface area (Å²) >= 11 is 0. The van der Waals surface area contributed by atoms with E-state index in [1.54, 1.807) is 6.08 Å². The summed E-state index contributed by atoms with van der Waals surface area (Å²) in [5, 5.41) is 0. The van der Waals surface area contributed by atoms with Crippen LogP contribution >= 0.6 is 0 Å². The first-order valence-electron chi connectivity index (χ1n) is 6.68. The Morgan fingerprint density at radius 3 is 2.84 bits per heavy atom. The molecule has 0 radical (unpaired) electrons. The van der Waals surface area contributed by atoms with Gasteiger partial charge >= 0.3 is 5.97 Å². The lowest BCUT2D eigenvalue weighted by molar-refractivity contribution is -0.159. The van der Waals surface area contributed by atoms with Crippen molar-refractivity contribution in [1.82, 2.24) is 0 Å². The molecule has 0 amide bonds. The van der Waals surface area contributed by atoms with Gasteiger partial charge < -0.3 is 9.47 Å². The molecule has 0 aromatic heterocycles. The highest BCUT2D eigenvalue weighted by atomic mass is 16.6. The van der Waals surface area contributed by atoms with Crippen LogP contribution in [0.15, 0.2) is 30.8 Å². The van der Waals surface area contributed by atoms with Gasteiger partial charge in [0.05, 0.1) is 0 Å². The van der Waals surface area contributed by atoms with Crippen LogP contribution < -0.4 is 4.74 Å². The summed E-state index contributed by atoms with van der Waals surface area (Å²) in [5.74, 6) is 0.360. The van der Waals surface area contributed by atoms with E-state index in [0.717, 1.165) is 31.2 Å². The van der Waals surface area contributed by atoms with Crippen molar-refractivity contribution in [3.05, 3.63) is 36.4 Å². The highest BCUT2D eigenvalue weighted by Gasteiger charge is 2.32. The topological polar surface area (TPSA) is 35.5 Å². The van der Waals surface area contributed by atoms with Crippen molar-refractivity contribution in [2.45, 2.75) is 38.2 Å². The van der Waals surface area contributed by atoms with E-state index in [-0.39, 0.29) is 18.2 Å². The maximum Gasteiger partial charge on any atom is 0.344 e. The van der Waals surface area contributed by atoms with Crippen LogP contribution in [-0.4, -0.2) is 18.2 Å². The highest BCUT2D eigenvalue weighted by Crippen LogP contribution is 2.32. The van der Waals surface area contributed by atoms with Gasteiger partial charge in [-0.15, -0.1) is 0 Å². The minimum Gasteiger partial charge on any atom is -0.482 e. The van der Waals surface area contributed by atoms with Gasteiger partial charge in [0, 0.05) is 0 Å². The highest BCUT2D eigenvalue weighted by molar-refractivity contribution is 5.71. The quantitative estimate of drug-likeness (QED) is 0.759. The summed E-state index contributed by atoms with van der Waals surface area (Å²) in [5.41, 5.74) is 0.678. The van der Waals surface area contributed by atoms with Crippen molar-refractivity contribution in [3.63, 3.8) is 0 Å². The number of esters is 1. The van der Waals surface area contributed by atoms with Crippen LogP contribution in [-0.2, 0) is 9.53 Å². The Balaban J connectivity index is 1.84. The molecule has 3 heteroatoms. The summed E-state index contributed by atoms with van der Waals surface area (Å²) in [4.78, 5) is 11.8. The van der Waals surface area contributed by atoms with E-state index in [9.17, 15) is 4.79 Å². The van der Waals surface area contributed by atoms with Gasteiger partial charge in [-0.1, -0.05) is 24.8 Å². The van der Waals surface area contributed by atoms with Crippen molar-refractivity contribution in [1.29, 1.82) is 0 Å². The van der Waals surface area contributed by atoms with Crippen molar-refractivity contribution in [3.8, 4) is 5.75 Å². The van der Waals surface area contributed by atoms with Gasteiger partial charge in [0.2, 0.25) is 0 Å². The van der Waals surface area contributed by atoms with Gasteiger partial charge in [-0.3, -0.25) is 0 Å². The van der Waals surface area contributed by atoms with Crippen LogP contribution in [0.4, 0.5) is 0 Å². The van der Waals surface area contributed by atoms with Gasteiger partial charge in [0.25, 0.3) is 0 Å². The predicted octanol–water partition coefficient (Wildman–Crippen LogP) is 3.58. The summed E-state index contributed by atoms with van der Waals surface area (Å²) in [6.45, 7) is 5.65. The SMILES string of the molecule is C=Cc1cccc(OCC(=O)OC2(C)CCCC2)c1. The molecule has 0 aliphatic heterocycles. The molecule has 2 rings (SSSR count). The smallest absolute Gasteiger partial charge is 0.344 e. The van der Waals surface area contributed by atoms with Gasteiger partial charge in [-0.05, 0) is 50.3 Å². The zero-order valence-electron chi connectivity index (χ0n) is 11.4. The Kier molecular flexibility index (Phi) is 4.25. The average Bonchev–Trinajstić information content (AvgIpc) is 2.83. The van der Waals surface area contributed by atoms with E-state index in [1.807, 2.05) is 31.2 Å². The standard InChI is InChI=1S/C16H20O3/c1-3-13-7-6-8-14(11-13)18-12-15(17)19-16(2)9-4-5-10-16/h3,6-8,11H,1,4-5,9-10,12H2,2H3. The molecular weight excluding hydrogens is 240 g/mol. The van der Waals surface area contributed by atoms with Crippen molar-refractivity contribution in [2.75, 3.05) is 6.61 Å². The Hall–Kier alpha value is -1.77. The third-order valence-corrected chi connectivity index (χ3v) is 3.47. The first kappa shape index (κ1) is 13.7. The molecule has 0 spiro atoms. The monoisotopic (exact) mass is 260 g/mol. The third-order valence-electron chi connectivity index (χ3n) is 3.47. The Morgan fingerprint density at radius 1 is 1.42 bits per heavy atom. The molecule has 0 heterocycles. The lowest BCUT2D eigenvalue weighted by Gasteiger charge is -2.23. The largest absolute Gasteiger partial charge is 0.482 e. The second kappa shape index (κ2) is 5.91. The van der Waals surface area contributed by atoms with Crippen LogP contribution in [0.25, 0.3) is 6.08 Å². The molecule has 0 atom stereocenters. The molecule has 0 unspecified atom stereocenters. The Morgan fingerprint density at radius 2 is 2.16 bits per heavy atom. The number of ether oxygens (including phenoxy) is 2. The van der Waals surface area contributed by atoms with E-state index >= 15 is 0 Å². The summed E-state index contributed by atoms with van der Waals surface area (Å²) in [7, 11) is 0. The molecule has 0 saturated heterocycles. The predicted molar refractivity (Wildman–Crippen MR) is 75.0 cm³/mol. The van der Waals surface area contributed by atoms with E-state index in [1.165, 1.54) is 0 Å². The number of hydrogen-bond donors (Lipinski definition) is 0. The van der Waals surface area contributed by atoms with Gasteiger partial charge in [-0.25, -0.2) is 4.79 Å². The van der Waals surface area contributed by atoms with Crippen LogP contribution in [0.3, 0.4) is 0 Å². The second-order valence-electron chi connectivity index (χ2n) is 5.20. The first-order chi connectivity index (χ1) is 9.11. The lowest BCUT2D eigenvalue weighted by Crippen LogP contribution is -2.30. The lowest BCUT2D eigenvalue weighted by atomic mass is 10.1. The minimum atomic E-state index is -0.298. The fraction of sp³-hybridized carbons (Fsp3) is 0.438. The maximum atomic E-state index is 11.8. The van der Waals surface area contributed by atoms with Crippen molar-refractivity contribution < 1.29 is 14.3 Å². The molecule has 1 aliphatic carbocycles. The van der Waals surface area contributed by atoms with Crippen molar-refractivity contribution in [2.24, 2.45) is 0 Å². The molecule has 1 aliphatic rings. The van der Waals surface area contributed by atoms with Crippen LogP contribution in [0.5, 0.6) is 5.75 Å². The molecule has 1 aromatic carbocycles. The fourth-order valence-corrected chi connectivity index (χ4v) is 2.40. The number of rotatable bonds is 5. The molecule has 19 heavy (non-hydrogen) atoms.